The molecule has 0 nitrogen and oxygen atoms in total. The molecule has 0 N–H and O–H groups in total. The third kappa shape index (κ3) is 18.1. The summed E-state index contributed by atoms with van der Waals surface area (Å²) in [5, 5.41) is 0. The first-order chi connectivity index (χ1) is 8.91. The van der Waals surface area contributed by atoms with Crippen LogP contribution in [0.25, 0.3) is 0 Å². The van der Waals surface area contributed by atoms with Crippen molar-refractivity contribution in [3.63, 3.8) is 0 Å². The van der Waals surface area contributed by atoms with Crippen molar-refractivity contribution in [3.05, 3.63) is 0 Å². The fraction of sp³-hybridized carbons (Fsp3) is 1.00. The van der Waals surface area contributed by atoms with E-state index in [1.807, 2.05) is 11.8 Å². The molecule has 0 aromatic rings. The number of thiol groups is 1. The normalized spacial score (nSPS) is 11.0. The largest absolute Gasteiger partial charge is 0.179 e. The van der Waals surface area contributed by atoms with Crippen LogP contribution in [-0.4, -0.2) is 63.3 Å². The third-order valence-electron chi connectivity index (χ3n) is 1.93. The summed E-state index contributed by atoms with van der Waals surface area (Å²) in [6, 6.07) is 0. The Balaban J connectivity index is 2.86. The Morgan fingerprint density at radius 3 is 1.22 bits per heavy atom. The molecule has 0 saturated carbocycles. The minimum atomic E-state index is 1.01. The van der Waals surface area contributed by atoms with Crippen LogP contribution in [-0.2, 0) is 0 Å². The van der Waals surface area contributed by atoms with Crippen LogP contribution in [0.5, 0.6) is 0 Å². The summed E-state index contributed by atoms with van der Waals surface area (Å²) in [6.45, 7) is 2.24. The van der Waals surface area contributed by atoms with Crippen LogP contribution < -0.4 is 0 Å². The molecule has 0 aliphatic rings. The van der Waals surface area contributed by atoms with E-state index in [9.17, 15) is 0 Å². The van der Waals surface area contributed by atoms with Crippen LogP contribution in [0.1, 0.15) is 6.92 Å². The van der Waals surface area contributed by atoms with Gasteiger partial charge >= 0.3 is 0 Å². The lowest BCUT2D eigenvalue weighted by Gasteiger charge is -2.03. The Morgan fingerprint density at radius 2 is 0.889 bits per heavy atom. The van der Waals surface area contributed by atoms with E-state index in [1.54, 1.807) is 0 Å². The molecule has 110 valence electrons. The third-order valence-corrected chi connectivity index (χ3v) is 8.33. The molecule has 18 heavy (non-hydrogen) atoms. The summed E-state index contributed by atoms with van der Waals surface area (Å²) < 4.78 is 0. The Bertz CT molecular complexity index is 129. The fourth-order valence-electron chi connectivity index (χ4n) is 1.09. The molecule has 0 spiro atoms. The Kier molecular flexibility index (Phi) is 21.3. The molecule has 0 radical (unpaired) electrons. The maximum Gasteiger partial charge on any atom is 0.00238 e. The van der Waals surface area contributed by atoms with Crippen LogP contribution >= 0.6 is 71.4 Å². The topological polar surface area (TPSA) is 0 Å². The smallest absolute Gasteiger partial charge is 0.00238 e. The van der Waals surface area contributed by atoms with E-state index in [-0.39, 0.29) is 0 Å². The van der Waals surface area contributed by atoms with Gasteiger partial charge in [0.15, 0.2) is 0 Å². The SMILES string of the molecule is CCSCCSCCSCCSCCSCCS. The number of thioether (sulfide) groups is 5. The average molecular weight is 363 g/mol. The first kappa shape index (κ1) is 20.1. The number of rotatable bonds is 15. The van der Waals surface area contributed by atoms with Crippen LogP contribution in [0.3, 0.4) is 0 Å². The molecule has 0 atom stereocenters. The van der Waals surface area contributed by atoms with Gasteiger partial charge in [-0.1, -0.05) is 6.92 Å². The van der Waals surface area contributed by atoms with Gasteiger partial charge in [-0.25, -0.2) is 0 Å². The van der Waals surface area contributed by atoms with Crippen molar-refractivity contribution in [2.75, 3.05) is 63.3 Å². The van der Waals surface area contributed by atoms with E-state index in [4.69, 9.17) is 0 Å². The van der Waals surface area contributed by atoms with Gasteiger partial charge < -0.3 is 0 Å². The van der Waals surface area contributed by atoms with Gasteiger partial charge in [-0.15, -0.1) is 0 Å². The zero-order valence-electron chi connectivity index (χ0n) is 11.3. The first-order valence-corrected chi connectivity index (χ1v) is 12.8. The lowest BCUT2D eigenvalue weighted by atomic mass is 10.9. The second-order valence-electron chi connectivity index (χ2n) is 3.37. The Hall–Kier alpha value is 2.10. The molecule has 0 aromatic heterocycles. The minimum Gasteiger partial charge on any atom is -0.179 e. The van der Waals surface area contributed by atoms with E-state index >= 15 is 0 Å². The van der Waals surface area contributed by atoms with E-state index in [2.05, 4.69) is 66.6 Å². The van der Waals surface area contributed by atoms with Gasteiger partial charge in [0.2, 0.25) is 0 Å². The van der Waals surface area contributed by atoms with Crippen molar-refractivity contribution in [3.8, 4) is 0 Å². The summed E-state index contributed by atoms with van der Waals surface area (Å²) in [5.74, 6) is 14.0. The van der Waals surface area contributed by atoms with Crippen molar-refractivity contribution < 1.29 is 0 Å². The number of hydrogen-bond acceptors (Lipinski definition) is 6. The molecule has 0 fully saturated rings. The summed E-state index contributed by atoms with van der Waals surface area (Å²) in [4.78, 5) is 0. The minimum absolute atomic E-state index is 1.01. The zero-order valence-corrected chi connectivity index (χ0v) is 16.2. The Morgan fingerprint density at radius 1 is 0.556 bits per heavy atom. The van der Waals surface area contributed by atoms with E-state index in [1.165, 1.54) is 57.5 Å². The molecule has 0 bridgehead atoms. The van der Waals surface area contributed by atoms with E-state index in [0.29, 0.717) is 0 Å². The van der Waals surface area contributed by atoms with Gasteiger partial charge in [0, 0.05) is 51.8 Å². The molecule has 6 heteroatoms. The predicted octanol–water partition coefficient (Wildman–Crippen LogP) is 4.60. The van der Waals surface area contributed by atoms with Crippen molar-refractivity contribution in [1.82, 2.24) is 0 Å². The van der Waals surface area contributed by atoms with Crippen LogP contribution in [0.2, 0.25) is 0 Å². The van der Waals surface area contributed by atoms with Gasteiger partial charge in [-0.3, -0.25) is 0 Å². The van der Waals surface area contributed by atoms with Crippen molar-refractivity contribution in [1.29, 1.82) is 0 Å². The highest BCUT2D eigenvalue weighted by molar-refractivity contribution is 8.05. The molecule has 0 saturated heterocycles. The maximum atomic E-state index is 4.20. The Labute approximate surface area is 141 Å². The molecule has 0 aliphatic carbocycles. The van der Waals surface area contributed by atoms with Gasteiger partial charge in [0.05, 0.1) is 0 Å². The van der Waals surface area contributed by atoms with Gasteiger partial charge in [-0.2, -0.15) is 71.4 Å². The monoisotopic (exact) mass is 362 g/mol. The molecule has 0 unspecified atom stereocenters. The zero-order chi connectivity index (χ0) is 13.3. The lowest BCUT2D eigenvalue weighted by molar-refractivity contribution is 1.44. The highest BCUT2D eigenvalue weighted by Gasteiger charge is 1.93. The van der Waals surface area contributed by atoms with Crippen LogP contribution in [0, 0.1) is 0 Å². The number of hydrogen-bond donors (Lipinski definition) is 1. The van der Waals surface area contributed by atoms with Crippen LogP contribution in [0.4, 0.5) is 0 Å². The molecule has 0 aliphatic heterocycles. The average Bonchev–Trinajstić information content (AvgIpc) is 2.39. The second kappa shape index (κ2) is 19.1. The summed E-state index contributed by atoms with van der Waals surface area (Å²) in [5.41, 5.74) is 0. The summed E-state index contributed by atoms with van der Waals surface area (Å²) in [7, 11) is 0. The van der Waals surface area contributed by atoms with Crippen molar-refractivity contribution >= 4 is 71.4 Å². The van der Waals surface area contributed by atoms with Gasteiger partial charge in [0.25, 0.3) is 0 Å². The van der Waals surface area contributed by atoms with Crippen molar-refractivity contribution in [2.24, 2.45) is 0 Å². The molecule has 0 amide bonds. The van der Waals surface area contributed by atoms with Crippen LogP contribution in [0.15, 0.2) is 0 Å². The van der Waals surface area contributed by atoms with E-state index < -0.39 is 0 Å². The molecule has 0 rings (SSSR count). The quantitative estimate of drug-likeness (QED) is 0.333. The summed E-state index contributed by atoms with van der Waals surface area (Å²) >= 11 is 14.6. The lowest BCUT2D eigenvalue weighted by Crippen LogP contribution is -1.94. The van der Waals surface area contributed by atoms with Crippen molar-refractivity contribution in [2.45, 2.75) is 6.92 Å². The standard InChI is InChI=1S/C12H26S6/c1-2-14-5-6-16-9-10-18-12-11-17-8-7-15-4-3-13/h13H,2-12H2,1H3. The highest BCUT2D eigenvalue weighted by atomic mass is 32.2. The van der Waals surface area contributed by atoms with Gasteiger partial charge in [0.1, 0.15) is 0 Å². The maximum absolute atomic E-state index is 4.20. The van der Waals surface area contributed by atoms with Gasteiger partial charge in [-0.05, 0) is 11.5 Å². The highest BCUT2D eigenvalue weighted by Crippen LogP contribution is 2.13. The van der Waals surface area contributed by atoms with E-state index in [0.717, 1.165) is 5.75 Å². The predicted molar refractivity (Wildman–Crippen MR) is 106 cm³/mol. The second-order valence-corrected chi connectivity index (χ2v) is 10.1. The molecular formula is C12H26S6. The summed E-state index contributed by atoms with van der Waals surface area (Å²) in [6.07, 6.45) is 0. The molecule has 0 aromatic carbocycles. The molecular weight excluding hydrogens is 337 g/mol. The first-order valence-electron chi connectivity index (χ1n) is 6.41. The molecule has 0 heterocycles. The fourth-order valence-corrected chi connectivity index (χ4v) is 6.48.